The highest BCUT2D eigenvalue weighted by Crippen LogP contribution is 2.14. The molecule has 0 aliphatic rings. The van der Waals surface area contributed by atoms with Crippen molar-refractivity contribution in [2.24, 2.45) is 5.92 Å². The molecule has 4 heteroatoms. The molecule has 0 bridgehead atoms. The summed E-state index contributed by atoms with van der Waals surface area (Å²) in [6.07, 6.45) is 2.79. The van der Waals surface area contributed by atoms with Crippen LogP contribution in [0.3, 0.4) is 0 Å². The van der Waals surface area contributed by atoms with Crippen molar-refractivity contribution >= 4 is 11.9 Å². The molecule has 24 heavy (non-hydrogen) atoms. The molecule has 1 atom stereocenters. The first-order chi connectivity index (χ1) is 11.4. The molecule has 0 fully saturated rings. The van der Waals surface area contributed by atoms with E-state index in [0.29, 0.717) is 12.3 Å². The summed E-state index contributed by atoms with van der Waals surface area (Å²) in [4.78, 5) is 23.6. The Bertz CT molecular complexity index is 522. The van der Waals surface area contributed by atoms with E-state index >= 15 is 0 Å². The molecular weight excluding hydrogens is 304 g/mol. The zero-order valence-corrected chi connectivity index (χ0v) is 15.3. The monoisotopic (exact) mass is 334 g/mol. The van der Waals surface area contributed by atoms with E-state index in [2.05, 4.69) is 20.8 Å². The third-order valence-electron chi connectivity index (χ3n) is 3.84. The van der Waals surface area contributed by atoms with E-state index in [1.807, 2.05) is 31.2 Å². The van der Waals surface area contributed by atoms with Gasteiger partial charge in [-0.25, -0.2) is 0 Å². The molecule has 4 nitrogen and oxygen atoms in total. The third-order valence-corrected chi connectivity index (χ3v) is 3.84. The first-order valence-electron chi connectivity index (χ1n) is 8.83. The standard InChI is InChI=1S/C20H30O4/c1-5-8-18(15(2)3)24-20(22)12-7-11-19(21)23-14-17-10-6-9-16(4)13-17/h6,9-10,13,15,18H,5,7-8,11-12,14H2,1-4H3. The number of carbonyl (C=O) groups excluding carboxylic acids is 2. The van der Waals surface area contributed by atoms with Crippen LogP contribution in [-0.2, 0) is 25.7 Å². The van der Waals surface area contributed by atoms with Crippen molar-refractivity contribution in [1.82, 2.24) is 0 Å². The summed E-state index contributed by atoms with van der Waals surface area (Å²) in [5, 5.41) is 0. The van der Waals surface area contributed by atoms with Crippen molar-refractivity contribution in [2.75, 3.05) is 0 Å². The van der Waals surface area contributed by atoms with Crippen LogP contribution in [0.15, 0.2) is 24.3 Å². The van der Waals surface area contributed by atoms with Crippen LogP contribution in [0.2, 0.25) is 0 Å². The number of benzene rings is 1. The van der Waals surface area contributed by atoms with Crippen LogP contribution >= 0.6 is 0 Å². The molecule has 0 saturated heterocycles. The zero-order chi connectivity index (χ0) is 17.9. The Labute approximate surface area is 145 Å². The summed E-state index contributed by atoms with van der Waals surface area (Å²) in [5.41, 5.74) is 2.11. The second-order valence-corrected chi connectivity index (χ2v) is 6.56. The summed E-state index contributed by atoms with van der Waals surface area (Å²) >= 11 is 0. The average molecular weight is 334 g/mol. The van der Waals surface area contributed by atoms with Gasteiger partial charge in [0, 0.05) is 12.8 Å². The lowest BCUT2D eigenvalue weighted by Crippen LogP contribution is -2.23. The smallest absolute Gasteiger partial charge is 0.306 e. The van der Waals surface area contributed by atoms with E-state index < -0.39 is 0 Å². The van der Waals surface area contributed by atoms with Gasteiger partial charge < -0.3 is 9.47 Å². The van der Waals surface area contributed by atoms with E-state index in [1.165, 1.54) is 0 Å². The van der Waals surface area contributed by atoms with Gasteiger partial charge in [0.05, 0.1) is 0 Å². The van der Waals surface area contributed by atoms with Gasteiger partial charge in [0.15, 0.2) is 0 Å². The maximum Gasteiger partial charge on any atom is 0.306 e. The highest BCUT2D eigenvalue weighted by molar-refractivity contribution is 5.72. The molecule has 0 heterocycles. The van der Waals surface area contributed by atoms with Gasteiger partial charge in [-0.1, -0.05) is 57.0 Å². The maximum absolute atomic E-state index is 11.9. The molecule has 0 spiro atoms. The van der Waals surface area contributed by atoms with Gasteiger partial charge in [0.25, 0.3) is 0 Å². The van der Waals surface area contributed by atoms with Gasteiger partial charge in [-0.05, 0) is 31.2 Å². The molecule has 1 aromatic carbocycles. The first kappa shape index (κ1) is 20.2. The van der Waals surface area contributed by atoms with Crippen LogP contribution in [-0.4, -0.2) is 18.0 Å². The minimum atomic E-state index is -0.279. The van der Waals surface area contributed by atoms with Gasteiger partial charge in [0.2, 0.25) is 0 Å². The molecule has 0 aromatic heterocycles. The Morgan fingerprint density at radius 3 is 2.46 bits per heavy atom. The topological polar surface area (TPSA) is 52.6 Å². The van der Waals surface area contributed by atoms with Crippen molar-refractivity contribution in [3.05, 3.63) is 35.4 Å². The molecule has 0 aliphatic carbocycles. The van der Waals surface area contributed by atoms with E-state index in [9.17, 15) is 9.59 Å². The number of aryl methyl sites for hydroxylation is 1. The summed E-state index contributed by atoms with van der Waals surface area (Å²) in [7, 11) is 0. The molecule has 0 amide bonds. The van der Waals surface area contributed by atoms with Gasteiger partial charge in [-0.15, -0.1) is 0 Å². The molecule has 134 valence electrons. The molecule has 0 N–H and O–H groups in total. The quantitative estimate of drug-likeness (QED) is 0.588. The Morgan fingerprint density at radius 1 is 1.12 bits per heavy atom. The Morgan fingerprint density at radius 2 is 1.83 bits per heavy atom. The molecule has 0 radical (unpaired) electrons. The molecular formula is C20H30O4. The number of carbonyl (C=O) groups is 2. The average Bonchev–Trinajstić information content (AvgIpc) is 2.52. The lowest BCUT2D eigenvalue weighted by Gasteiger charge is -2.20. The van der Waals surface area contributed by atoms with Crippen LogP contribution in [0, 0.1) is 12.8 Å². The van der Waals surface area contributed by atoms with E-state index in [0.717, 1.165) is 24.0 Å². The number of esters is 2. The molecule has 1 aromatic rings. The normalized spacial score (nSPS) is 12.0. The Balaban J connectivity index is 2.23. The summed E-state index contributed by atoms with van der Waals surface area (Å²) < 4.78 is 10.7. The SMILES string of the molecule is CCCC(OC(=O)CCCC(=O)OCc1cccc(C)c1)C(C)C. The fourth-order valence-corrected chi connectivity index (χ4v) is 2.46. The first-order valence-corrected chi connectivity index (χ1v) is 8.83. The van der Waals surface area contributed by atoms with Crippen LogP contribution < -0.4 is 0 Å². The second-order valence-electron chi connectivity index (χ2n) is 6.56. The van der Waals surface area contributed by atoms with Gasteiger partial charge >= 0.3 is 11.9 Å². The van der Waals surface area contributed by atoms with Crippen LogP contribution in [0.4, 0.5) is 0 Å². The molecule has 0 aliphatic heterocycles. The van der Waals surface area contributed by atoms with Crippen molar-refractivity contribution < 1.29 is 19.1 Å². The third kappa shape index (κ3) is 8.14. The summed E-state index contributed by atoms with van der Waals surface area (Å²) in [6, 6.07) is 7.86. The number of rotatable bonds is 10. The summed E-state index contributed by atoms with van der Waals surface area (Å²) in [6.45, 7) is 8.46. The van der Waals surface area contributed by atoms with Crippen LogP contribution in [0.1, 0.15) is 64.0 Å². The molecule has 1 unspecified atom stereocenters. The second kappa shape index (κ2) is 10.8. The Kier molecular flexibility index (Phi) is 9.13. The molecule has 0 saturated carbocycles. The van der Waals surface area contributed by atoms with E-state index in [-0.39, 0.29) is 37.5 Å². The van der Waals surface area contributed by atoms with Gasteiger partial charge in [0.1, 0.15) is 12.7 Å². The van der Waals surface area contributed by atoms with Crippen LogP contribution in [0.5, 0.6) is 0 Å². The lowest BCUT2D eigenvalue weighted by molar-refractivity contribution is -0.152. The van der Waals surface area contributed by atoms with Crippen LogP contribution in [0.25, 0.3) is 0 Å². The van der Waals surface area contributed by atoms with Gasteiger partial charge in [-0.2, -0.15) is 0 Å². The van der Waals surface area contributed by atoms with E-state index in [4.69, 9.17) is 9.47 Å². The van der Waals surface area contributed by atoms with Crippen molar-refractivity contribution in [2.45, 2.75) is 72.5 Å². The highest BCUT2D eigenvalue weighted by Gasteiger charge is 2.17. The van der Waals surface area contributed by atoms with Crippen molar-refractivity contribution in [3.8, 4) is 0 Å². The lowest BCUT2D eigenvalue weighted by atomic mass is 10.0. The van der Waals surface area contributed by atoms with Gasteiger partial charge in [-0.3, -0.25) is 9.59 Å². The maximum atomic E-state index is 11.9. The number of ether oxygens (including phenoxy) is 2. The van der Waals surface area contributed by atoms with Crippen molar-refractivity contribution in [1.29, 1.82) is 0 Å². The highest BCUT2D eigenvalue weighted by atomic mass is 16.5. The minimum absolute atomic E-state index is 0.0317. The predicted octanol–water partition coefficient (Wildman–Crippen LogP) is 4.58. The number of hydrogen-bond acceptors (Lipinski definition) is 4. The van der Waals surface area contributed by atoms with E-state index in [1.54, 1.807) is 0 Å². The number of hydrogen-bond donors (Lipinski definition) is 0. The Hall–Kier alpha value is -1.84. The summed E-state index contributed by atoms with van der Waals surface area (Å²) in [5.74, 6) is -0.194. The molecule has 1 rings (SSSR count). The zero-order valence-electron chi connectivity index (χ0n) is 15.3. The van der Waals surface area contributed by atoms with Crippen molar-refractivity contribution in [3.63, 3.8) is 0 Å². The fraction of sp³-hybridized carbons (Fsp3) is 0.600. The largest absolute Gasteiger partial charge is 0.462 e. The predicted molar refractivity (Wildman–Crippen MR) is 94.5 cm³/mol. The fourth-order valence-electron chi connectivity index (χ4n) is 2.46. The minimum Gasteiger partial charge on any atom is -0.462 e.